The minimum Gasteiger partial charge on any atom is -0.494 e. The number of rotatable bonds is 8. The van der Waals surface area contributed by atoms with Gasteiger partial charge in [0.15, 0.2) is 0 Å². The van der Waals surface area contributed by atoms with Gasteiger partial charge in [-0.3, -0.25) is 4.90 Å². The Morgan fingerprint density at radius 1 is 1.09 bits per heavy atom. The van der Waals surface area contributed by atoms with Crippen molar-refractivity contribution in [3.63, 3.8) is 0 Å². The van der Waals surface area contributed by atoms with Crippen molar-refractivity contribution >= 4 is 0 Å². The molecule has 0 aromatic heterocycles. The Hall–Kier alpha value is -1.10. The molecule has 124 valence electrons. The quantitative estimate of drug-likeness (QED) is 0.747. The third-order valence-electron chi connectivity index (χ3n) is 4.29. The number of piperazine rings is 1. The lowest BCUT2D eigenvalue weighted by atomic mass is 10.0. The number of benzene rings is 1. The summed E-state index contributed by atoms with van der Waals surface area (Å²) in [5.74, 6) is 1.53. The zero-order chi connectivity index (χ0) is 15.8. The van der Waals surface area contributed by atoms with Crippen molar-refractivity contribution in [2.45, 2.75) is 26.2 Å². The second kappa shape index (κ2) is 9.13. The molecule has 0 spiro atoms. The lowest BCUT2D eigenvalue weighted by molar-refractivity contribution is 0.108. The van der Waals surface area contributed by atoms with E-state index in [1.54, 1.807) is 0 Å². The van der Waals surface area contributed by atoms with Gasteiger partial charge in [0, 0.05) is 39.3 Å². The van der Waals surface area contributed by atoms with Gasteiger partial charge >= 0.3 is 0 Å². The molecule has 0 bridgehead atoms. The smallest absolute Gasteiger partial charge is 0.119 e. The van der Waals surface area contributed by atoms with Crippen LogP contribution in [-0.4, -0.2) is 67.4 Å². The highest BCUT2D eigenvalue weighted by molar-refractivity contribution is 5.30. The molecule has 1 heterocycles. The van der Waals surface area contributed by atoms with E-state index in [1.165, 1.54) is 5.56 Å². The van der Waals surface area contributed by atoms with Crippen molar-refractivity contribution in [2.24, 2.45) is 0 Å². The number of aliphatic hydroxyl groups excluding tert-OH is 1. The summed E-state index contributed by atoms with van der Waals surface area (Å²) in [5.41, 5.74) is 1.33. The van der Waals surface area contributed by atoms with Gasteiger partial charge in [-0.1, -0.05) is 26.0 Å². The molecule has 1 saturated heterocycles. The molecule has 1 fully saturated rings. The fraction of sp³-hybridized carbons (Fsp3) is 0.667. The normalized spacial score (nSPS) is 17.1. The first-order chi connectivity index (χ1) is 10.7. The third-order valence-corrected chi connectivity index (χ3v) is 4.29. The van der Waals surface area contributed by atoms with Gasteiger partial charge in [-0.25, -0.2) is 0 Å². The van der Waals surface area contributed by atoms with Crippen LogP contribution in [0.15, 0.2) is 24.3 Å². The standard InChI is InChI=1S/C18H30N2O2/c1-16(2)17-5-3-6-18(15-17)22-14-4-7-19-8-10-20(11-9-19)12-13-21/h3,5-6,15-16,21H,4,7-14H2,1-2H3. The largest absolute Gasteiger partial charge is 0.494 e. The SMILES string of the molecule is CC(C)c1cccc(OCCCN2CCN(CCO)CC2)c1. The highest BCUT2D eigenvalue weighted by Crippen LogP contribution is 2.20. The number of nitrogens with zero attached hydrogens (tertiary/aromatic N) is 2. The number of hydrogen-bond acceptors (Lipinski definition) is 4. The van der Waals surface area contributed by atoms with E-state index in [4.69, 9.17) is 9.84 Å². The van der Waals surface area contributed by atoms with E-state index in [-0.39, 0.29) is 6.61 Å². The summed E-state index contributed by atoms with van der Waals surface area (Å²) in [6.07, 6.45) is 1.06. The molecule has 1 aliphatic heterocycles. The van der Waals surface area contributed by atoms with Gasteiger partial charge in [-0.2, -0.15) is 0 Å². The van der Waals surface area contributed by atoms with Crippen molar-refractivity contribution in [2.75, 3.05) is 52.5 Å². The van der Waals surface area contributed by atoms with Gasteiger partial charge in [-0.15, -0.1) is 0 Å². The molecule has 4 heteroatoms. The summed E-state index contributed by atoms with van der Waals surface area (Å²) in [7, 11) is 0. The van der Waals surface area contributed by atoms with Crippen molar-refractivity contribution in [3.8, 4) is 5.75 Å². The van der Waals surface area contributed by atoms with Crippen molar-refractivity contribution in [1.82, 2.24) is 9.80 Å². The fourth-order valence-corrected chi connectivity index (χ4v) is 2.82. The molecule has 0 unspecified atom stereocenters. The first-order valence-electron chi connectivity index (χ1n) is 8.47. The molecule has 0 aliphatic carbocycles. The van der Waals surface area contributed by atoms with Gasteiger partial charge in [0.2, 0.25) is 0 Å². The molecule has 2 rings (SSSR count). The number of β-amino-alcohol motifs (C(OH)–C–C–N with tert-alkyl or cyclic N) is 1. The lowest BCUT2D eigenvalue weighted by Gasteiger charge is -2.34. The minimum absolute atomic E-state index is 0.267. The van der Waals surface area contributed by atoms with Crippen LogP contribution in [0.3, 0.4) is 0 Å². The summed E-state index contributed by atoms with van der Waals surface area (Å²) >= 11 is 0. The number of aliphatic hydroxyl groups is 1. The fourth-order valence-electron chi connectivity index (χ4n) is 2.82. The van der Waals surface area contributed by atoms with Crippen LogP contribution in [0.5, 0.6) is 5.75 Å². The van der Waals surface area contributed by atoms with Crippen LogP contribution < -0.4 is 4.74 Å². The van der Waals surface area contributed by atoms with Crippen LogP contribution in [0.25, 0.3) is 0 Å². The van der Waals surface area contributed by atoms with Gasteiger partial charge in [0.25, 0.3) is 0 Å². The molecule has 0 saturated carbocycles. The maximum atomic E-state index is 8.95. The van der Waals surface area contributed by atoms with Gasteiger partial charge in [-0.05, 0) is 30.0 Å². The zero-order valence-corrected chi connectivity index (χ0v) is 14.0. The van der Waals surface area contributed by atoms with Crippen molar-refractivity contribution < 1.29 is 9.84 Å². The maximum absolute atomic E-state index is 8.95. The third kappa shape index (κ3) is 5.59. The molecule has 0 radical (unpaired) electrons. The molecule has 4 nitrogen and oxygen atoms in total. The summed E-state index contributed by atoms with van der Waals surface area (Å²) in [5, 5.41) is 8.95. The highest BCUT2D eigenvalue weighted by atomic mass is 16.5. The Morgan fingerprint density at radius 3 is 2.41 bits per heavy atom. The molecule has 22 heavy (non-hydrogen) atoms. The minimum atomic E-state index is 0.267. The van der Waals surface area contributed by atoms with Gasteiger partial charge < -0.3 is 14.7 Å². The average molecular weight is 306 g/mol. The van der Waals surface area contributed by atoms with Crippen LogP contribution in [0.2, 0.25) is 0 Å². The van der Waals surface area contributed by atoms with Gasteiger partial charge in [0.1, 0.15) is 5.75 Å². The van der Waals surface area contributed by atoms with Crippen LogP contribution in [0.4, 0.5) is 0 Å². The Labute approximate surface area is 134 Å². The average Bonchev–Trinajstić information content (AvgIpc) is 2.54. The van der Waals surface area contributed by atoms with Crippen molar-refractivity contribution in [1.29, 1.82) is 0 Å². The molecule has 1 aromatic rings. The second-order valence-electron chi connectivity index (χ2n) is 6.34. The molecule has 1 N–H and O–H groups in total. The first-order valence-corrected chi connectivity index (χ1v) is 8.47. The second-order valence-corrected chi connectivity index (χ2v) is 6.34. The maximum Gasteiger partial charge on any atom is 0.119 e. The zero-order valence-electron chi connectivity index (χ0n) is 14.0. The highest BCUT2D eigenvalue weighted by Gasteiger charge is 2.15. The Morgan fingerprint density at radius 2 is 1.77 bits per heavy atom. The molecule has 0 amide bonds. The Kier molecular flexibility index (Phi) is 7.16. The molecular weight excluding hydrogens is 276 g/mol. The topological polar surface area (TPSA) is 35.9 Å². The first kappa shape index (κ1) is 17.3. The molecular formula is C18H30N2O2. The summed E-state index contributed by atoms with van der Waals surface area (Å²) in [6, 6.07) is 8.42. The Bertz CT molecular complexity index is 429. The van der Waals surface area contributed by atoms with Crippen LogP contribution in [0.1, 0.15) is 31.7 Å². The molecule has 1 aliphatic rings. The van der Waals surface area contributed by atoms with E-state index in [2.05, 4.69) is 41.8 Å². The summed E-state index contributed by atoms with van der Waals surface area (Å²) < 4.78 is 5.88. The van der Waals surface area contributed by atoms with Crippen molar-refractivity contribution in [3.05, 3.63) is 29.8 Å². The number of hydrogen-bond donors (Lipinski definition) is 1. The van der Waals surface area contributed by atoms with Gasteiger partial charge in [0.05, 0.1) is 13.2 Å². The van der Waals surface area contributed by atoms with E-state index >= 15 is 0 Å². The lowest BCUT2D eigenvalue weighted by Crippen LogP contribution is -2.47. The van der Waals surface area contributed by atoms with Crippen LogP contribution in [0, 0.1) is 0 Å². The monoisotopic (exact) mass is 306 g/mol. The number of ether oxygens (including phenoxy) is 1. The molecule has 1 aromatic carbocycles. The van der Waals surface area contributed by atoms with E-state index in [9.17, 15) is 0 Å². The van der Waals surface area contributed by atoms with Crippen LogP contribution in [-0.2, 0) is 0 Å². The van der Waals surface area contributed by atoms with E-state index in [1.807, 2.05) is 6.07 Å². The van der Waals surface area contributed by atoms with E-state index in [0.717, 1.165) is 58.0 Å². The van der Waals surface area contributed by atoms with E-state index < -0.39 is 0 Å². The summed E-state index contributed by atoms with van der Waals surface area (Å²) in [4.78, 5) is 4.81. The Balaban J connectivity index is 1.62. The predicted molar refractivity (Wildman–Crippen MR) is 90.6 cm³/mol. The predicted octanol–water partition coefficient (Wildman–Crippen LogP) is 2.19. The van der Waals surface area contributed by atoms with E-state index in [0.29, 0.717) is 5.92 Å². The molecule has 0 atom stereocenters. The summed E-state index contributed by atoms with van der Waals surface area (Å²) in [6.45, 7) is 11.7. The van der Waals surface area contributed by atoms with Crippen LogP contribution >= 0.6 is 0 Å².